The summed E-state index contributed by atoms with van der Waals surface area (Å²) in [4.78, 5) is 16.4. The number of aliphatic hydroxyl groups is 1. The van der Waals surface area contributed by atoms with Crippen LogP contribution in [0, 0.1) is 19.8 Å². The molecule has 3 atom stereocenters. The second kappa shape index (κ2) is 7.04. The van der Waals surface area contributed by atoms with Gasteiger partial charge in [0, 0.05) is 31.8 Å². The van der Waals surface area contributed by atoms with Crippen molar-refractivity contribution in [3.8, 4) is 0 Å². The number of methoxy groups -OCH3 is 1. The molecule has 2 rings (SSSR count). The maximum atomic E-state index is 12.2. The number of amides is 1. The Morgan fingerprint density at radius 3 is 2.90 bits per heavy atom. The highest BCUT2D eigenvalue weighted by atomic mass is 16.5. The fourth-order valence-electron chi connectivity index (χ4n) is 2.82. The van der Waals surface area contributed by atoms with E-state index < -0.39 is 6.10 Å². The van der Waals surface area contributed by atoms with Crippen LogP contribution >= 0.6 is 0 Å². The van der Waals surface area contributed by atoms with Crippen molar-refractivity contribution in [1.29, 1.82) is 0 Å². The zero-order valence-electron chi connectivity index (χ0n) is 13.0. The second-order valence-electron chi connectivity index (χ2n) is 5.75. The van der Waals surface area contributed by atoms with Gasteiger partial charge in [0.2, 0.25) is 5.91 Å². The molecule has 0 radical (unpaired) electrons. The van der Waals surface area contributed by atoms with Gasteiger partial charge in [0.15, 0.2) is 0 Å². The van der Waals surface area contributed by atoms with Crippen molar-refractivity contribution in [2.45, 2.75) is 51.9 Å². The molecule has 1 amide bonds. The number of imidazole rings is 1. The number of aliphatic hydroxyl groups excluding tert-OH is 1. The van der Waals surface area contributed by atoms with Gasteiger partial charge in [0.1, 0.15) is 0 Å². The topological polar surface area (TPSA) is 76.4 Å². The summed E-state index contributed by atoms with van der Waals surface area (Å²) in [5, 5.41) is 12.7. The number of carbonyl (C=O) groups is 1. The van der Waals surface area contributed by atoms with Gasteiger partial charge in [-0.05, 0) is 33.1 Å². The third-order valence-corrected chi connectivity index (χ3v) is 4.43. The molecule has 1 aliphatic rings. The minimum Gasteiger partial charge on any atom is -0.390 e. The van der Waals surface area contributed by atoms with Gasteiger partial charge in [-0.3, -0.25) is 4.79 Å². The van der Waals surface area contributed by atoms with Crippen molar-refractivity contribution in [1.82, 2.24) is 14.9 Å². The van der Waals surface area contributed by atoms with E-state index in [1.165, 1.54) is 0 Å². The molecule has 6 nitrogen and oxygen atoms in total. The first-order valence-corrected chi connectivity index (χ1v) is 7.49. The van der Waals surface area contributed by atoms with Crippen LogP contribution in [0.1, 0.15) is 30.7 Å². The van der Waals surface area contributed by atoms with Gasteiger partial charge in [-0.25, -0.2) is 4.98 Å². The van der Waals surface area contributed by atoms with E-state index in [1.807, 2.05) is 18.4 Å². The molecule has 1 heterocycles. The zero-order valence-corrected chi connectivity index (χ0v) is 13.0. The van der Waals surface area contributed by atoms with Crippen LogP contribution in [-0.2, 0) is 16.1 Å². The summed E-state index contributed by atoms with van der Waals surface area (Å²) in [5.41, 5.74) is 2.15. The van der Waals surface area contributed by atoms with Crippen molar-refractivity contribution in [2.75, 3.05) is 13.7 Å². The summed E-state index contributed by atoms with van der Waals surface area (Å²) < 4.78 is 7.27. The van der Waals surface area contributed by atoms with E-state index in [9.17, 15) is 9.90 Å². The van der Waals surface area contributed by atoms with Crippen LogP contribution in [0.15, 0.2) is 6.33 Å². The second-order valence-corrected chi connectivity index (χ2v) is 5.75. The molecular formula is C15H25N3O3. The highest BCUT2D eigenvalue weighted by Gasteiger charge is 2.32. The summed E-state index contributed by atoms with van der Waals surface area (Å²) in [5.74, 6) is -0.0117. The summed E-state index contributed by atoms with van der Waals surface area (Å²) in [7, 11) is 1.58. The fraction of sp³-hybridized carbons (Fsp3) is 0.733. The Bertz CT molecular complexity index is 487. The van der Waals surface area contributed by atoms with E-state index in [1.54, 1.807) is 13.4 Å². The van der Waals surface area contributed by atoms with Crippen molar-refractivity contribution in [3.63, 3.8) is 0 Å². The van der Waals surface area contributed by atoms with E-state index in [0.29, 0.717) is 19.4 Å². The van der Waals surface area contributed by atoms with E-state index >= 15 is 0 Å². The van der Waals surface area contributed by atoms with Crippen LogP contribution in [0.25, 0.3) is 0 Å². The van der Waals surface area contributed by atoms with E-state index in [-0.39, 0.29) is 17.9 Å². The van der Waals surface area contributed by atoms with E-state index in [4.69, 9.17) is 4.74 Å². The standard InChI is InChI=1S/C15H25N3O3/c1-10-11(2)18(9-17-10)7-6-16-15(20)12-4-5-13(19)14(8-12)21-3/h9,12-14,19H,4-8H2,1-3H3,(H,16,20)/t12-,13+,14-/m1/s1. The SMILES string of the molecule is CO[C@@H]1C[C@H](C(=O)NCCn2cnc(C)c2C)CC[C@@H]1O. The Morgan fingerprint density at radius 2 is 2.29 bits per heavy atom. The molecule has 118 valence electrons. The molecule has 0 unspecified atom stereocenters. The van der Waals surface area contributed by atoms with Crippen molar-refractivity contribution in [3.05, 3.63) is 17.7 Å². The number of nitrogens with one attached hydrogen (secondary N) is 1. The average molecular weight is 295 g/mol. The van der Waals surface area contributed by atoms with Crippen molar-refractivity contribution < 1.29 is 14.6 Å². The predicted molar refractivity (Wildman–Crippen MR) is 78.9 cm³/mol. The Morgan fingerprint density at radius 1 is 1.52 bits per heavy atom. The van der Waals surface area contributed by atoms with Crippen LogP contribution < -0.4 is 5.32 Å². The number of aromatic nitrogens is 2. The van der Waals surface area contributed by atoms with Crippen molar-refractivity contribution in [2.24, 2.45) is 5.92 Å². The van der Waals surface area contributed by atoms with Gasteiger partial charge >= 0.3 is 0 Å². The summed E-state index contributed by atoms with van der Waals surface area (Å²) in [6, 6.07) is 0. The van der Waals surface area contributed by atoms with E-state index in [0.717, 1.165) is 24.4 Å². The monoisotopic (exact) mass is 295 g/mol. The molecule has 21 heavy (non-hydrogen) atoms. The third-order valence-electron chi connectivity index (χ3n) is 4.43. The van der Waals surface area contributed by atoms with Crippen molar-refractivity contribution >= 4 is 5.91 Å². The largest absolute Gasteiger partial charge is 0.390 e. The van der Waals surface area contributed by atoms with Crippen LogP contribution in [0.3, 0.4) is 0 Å². The predicted octanol–water partition coefficient (Wildman–Crippen LogP) is 0.792. The minimum atomic E-state index is -0.448. The van der Waals surface area contributed by atoms with Gasteiger partial charge in [-0.1, -0.05) is 0 Å². The molecule has 0 saturated heterocycles. The molecule has 0 bridgehead atoms. The van der Waals surface area contributed by atoms with Crippen LogP contribution in [0.4, 0.5) is 0 Å². The first-order chi connectivity index (χ1) is 10.0. The number of hydrogen-bond acceptors (Lipinski definition) is 4. The summed E-state index contributed by atoms with van der Waals surface area (Å²) in [6.45, 7) is 5.31. The van der Waals surface area contributed by atoms with Gasteiger partial charge in [0.25, 0.3) is 0 Å². The van der Waals surface area contributed by atoms with Crippen LogP contribution in [0.5, 0.6) is 0 Å². The lowest BCUT2D eigenvalue weighted by Gasteiger charge is -2.31. The molecule has 1 aromatic rings. The number of nitrogens with zero attached hydrogens (tertiary/aromatic N) is 2. The first kappa shape index (κ1) is 16.0. The summed E-state index contributed by atoms with van der Waals surface area (Å²) >= 11 is 0. The maximum Gasteiger partial charge on any atom is 0.223 e. The zero-order chi connectivity index (χ0) is 15.4. The number of hydrogen-bond donors (Lipinski definition) is 2. The van der Waals surface area contributed by atoms with Gasteiger partial charge in [-0.2, -0.15) is 0 Å². The fourth-order valence-corrected chi connectivity index (χ4v) is 2.82. The van der Waals surface area contributed by atoms with Gasteiger partial charge in [-0.15, -0.1) is 0 Å². The quantitative estimate of drug-likeness (QED) is 0.842. The molecule has 0 aliphatic heterocycles. The molecule has 0 aromatic carbocycles. The van der Waals surface area contributed by atoms with Crippen LogP contribution in [-0.4, -0.2) is 46.4 Å². The lowest BCUT2D eigenvalue weighted by atomic mass is 9.84. The number of rotatable bonds is 5. The smallest absolute Gasteiger partial charge is 0.223 e. The molecule has 6 heteroatoms. The molecule has 1 fully saturated rings. The number of carbonyl (C=O) groups excluding carboxylic acids is 1. The number of ether oxygens (including phenoxy) is 1. The first-order valence-electron chi connectivity index (χ1n) is 7.49. The summed E-state index contributed by atoms with van der Waals surface area (Å²) in [6.07, 6.45) is 3.05. The Hall–Kier alpha value is -1.40. The lowest BCUT2D eigenvalue weighted by molar-refractivity contribution is -0.130. The Labute approximate surface area is 125 Å². The van der Waals surface area contributed by atoms with E-state index in [2.05, 4.69) is 10.3 Å². The highest BCUT2D eigenvalue weighted by molar-refractivity contribution is 5.78. The van der Waals surface area contributed by atoms with Crippen LogP contribution in [0.2, 0.25) is 0 Å². The molecule has 1 aliphatic carbocycles. The molecule has 1 aromatic heterocycles. The molecular weight excluding hydrogens is 270 g/mol. The molecule has 2 N–H and O–H groups in total. The number of aryl methyl sites for hydroxylation is 1. The lowest BCUT2D eigenvalue weighted by Crippen LogP contribution is -2.42. The average Bonchev–Trinajstić information content (AvgIpc) is 2.79. The normalized spacial score (nSPS) is 25.8. The Balaban J connectivity index is 1.78. The van der Waals surface area contributed by atoms with Gasteiger partial charge < -0.3 is 19.7 Å². The third kappa shape index (κ3) is 3.83. The molecule has 1 saturated carbocycles. The van der Waals surface area contributed by atoms with Gasteiger partial charge in [0.05, 0.1) is 24.2 Å². The Kier molecular flexibility index (Phi) is 5.36. The molecule has 0 spiro atoms. The minimum absolute atomic E-state index is 0.0541. The highest BCUT2D eigenvalue weighted by Crippen LogP contribution is 2.26. The maximum absolute atomic E-state index is 12.2.